The molecule has 1 aliphatic rings. The van der Waals surface area contributed by atoms with E-state index in [2.05, 4.69) is 5.32 Å². The largest absolute Gasteiger partial charge is 0.397 e. The van der Waals surface area contributed by atoms with Crippen LogP contribution in [0.5, 0.6) is 0 Å². The molecule has 3 nitrogen and oxygen atoms in total. The summed E-state index contributed by atoms with van der Waals surface area (Å²) < 4.78 is 13.8. The molecular weight excluding hydrogens is 310 g/mol. The lowest BCUT2D eigenvalue weighted by Crippen LogP contribution is -2.39. The lowest BCUT2D eigenvalue weighted by atomic mass is 9.89. The summed E-state index contributed by atoms with van der Waals surface area (Å²) in [5.41, 5.74) is 6.91. The average molecular weight is 322 g/mol. The number of aliphatic hydroxyl groups is 1. The van der Waals surface area contributed by atoms with Gasteiger partial charge in [-0.25, -0.2) is 4.39 Å². The molecule has 0 spiro atoms. The molecule has 2 rings (SSSR count). The molecule has 1 aliphatic carbocycles. The van der Waals surface area contributed by atoms with E-state index in [9.17, 15) is 4.39 Å². The van der Waals surface area contributed by atoms with Crippen LogP contribution in [0.2, 0.25) is 0 Å². The van der Waals surface area contributed by atoms with E-state index in [1.165, 1.54) is 6.07 Å². The Morgan fingerprint density at radius 3 is 2.73 bits per heavy atom. The third kappa shape index (κ3) is 2.34. The monoisotopic (exact) mass is 322 g/mol. The van der Waals surface area contributed by atoms with Crippen molar-refractivity contribution in [3.63, 3.8) is 0 Å². The molecule has 0 radical (unpaired) electrons. The number of anilines is 2. The summed E-state index contributed by atoms with van der Waals surface area (Å²) in [6, 6.07) is 3.22. The number of rotatable bonds is 2. The standard InChI is InChI=1S/C10H12FIN2O/c11-7-3-10(9(13)4-8(7)12)14-5-1-6(15)2-5/h3-6,14-15H,1-2,13H2. The zero-order valence-electron chi connectivity index (χ0n) is 8.00. The van der Waals surface area contributed by atoms with Crippen LogP contribution in [0.3, 0.4) is 0 Å². The van der Waals surface area contributed by atoms with Crippen LogP contribution in [0.15, 0.2) is 12.1 Å². The molecular formula is C10H12FIN2O. The Labute approximate surface area is 101 Å². The van der Waals surface area contributed by atoms with Gasteiger partial charge in [0, 0.05) is 12.1 Å². The third-order valence-electron chi connectivity index (χ3n) is 2.57. The first-order valence-electron chi connectivity index (χ1n) is 4.75. The summed E-state index contributed by atoms with van der Waals surface area (Å²) in [6.45, 7) is 0. The van der Waals surface area contributed by atoms with Crippen molar-refractivity contribution >= 4 is 34.0 Å². The Hall–Kier alpha value is -0.560. The van der Waals surface area contributed by atoms with Crippen LogP contribution in [0, 0.1) is 9.39 Å². The van der Waals surface area contributed by atoms with Gasteiger partial charge in [-0.1, -0.05) is 0 Å². The molecule has 1 aromatic carbocycles. The lowest BCUT2D eigenvalue weighted by molar-refractivity contribution is 0.0837. The Bertz CT molecular complexity index is 380. The van der Waals surface area contributed by atoms with Crippen molar-refractivity contribution in [3.8, 4) is 0 Å². The molecule has 4 N–H and O–H groups in total. The summed E-state index contributed by atoms with van der Waals surface area (Å²) in [5, 5.41) is 12.2. The Morgan fingerprint density at radius 1 is 1.47 bits per heavy atom. The topological polar surface area (TPSA) is 58.3 Å². The predicted molar refractivity (Wildman–Crippen MR) is 66.2 cm³/mol. The molecule has 0 unspecified atom stereocenters. The number of hydrogen-bond donors (Lipinski definition) is 3. The normalized spacial score (nSPS) is 24.7. The van der Waals surface area contributed by atoms with Crippen molar-refractivity contribution in [3.05, 3.63) is 21.5 Å². The summed E-state index contributed by atoms with van der Waals surface area (Å²) >= 11 is 1.90. The van der Waals surface area contributed by atoms with Crippen LogP contribution < -0.4 is 11.1 Å². The van der Waals surface area contributed by atoms with Crippen molar-refractivity contribution in [1.82, 2.24) is 0 Å². The SMILES string of the molecule is Nc1cc(I)c(F)cc1NC1CC(O)C1. The maximum atomic E-state index is 13.3. The summed E-state index contributed by atoms with van der Waals surface area (Å²) in [7, 11) is 0. The van der Waals surface area contributed by atoms with Gasteiger partial charge in [-0.05, 0) is 41.5 Å². The lowest BCUT2D eigenvalue weighted by Gasteiger charge is -2.33. The highest BCUT2D eigenvalue weighted by Crippen LogP contribution is 2.29. The van der Waals surface area contributed by atoms with E-state index in [-0.39, 0.29) is 18.0 Å². The number of halogens is 2. The van der Waals surface area contributed by atoms with Gasteiger partial charge in [0.1, 0.15) is 5.82 Å². The summed E-state index contributed by atoms with van der Waals surface area (Å²) in [6.07, 6.45) is 1.18. The minimum Gasteiger partial charge on any atom is -0.397 e. The van der Waals surface area contributed by atoms with Crippen molar-refractivity contribution in [2.24, 2.45) is 0 Å². The number of nitrogens with one attached hydrogen (secondary N) is 1. The van der Waals surface area contributed by atoms with Gasteiger partial charge in [0.25, 0.3) is 0 Å². The van der Waals surface area contributed by atoms with Crippen LogP contribution >= 0.6 is 22.6 Å². The van der Waals surface area contributed by atoms with Gasteiger partial charge in [0.2, 0.25) is 0 Å². The van der Waals surface area contributed by atoms with Crippen molar-refractivity contribution < 1.29 is 9.50 Å². The molecule has 1 saturated carbocycles. The second-order valence-corrected chi connectivity index (χ2v) is 4.98. The molecule has 0 atom stereocenters. The molecule has 0 aliphatic heterocycles. The molecule has 15 heavy (non-hydrogen) atoms. The molecule has 0 saturated heterocycles. The number of nitrogens with two attached hydrogens (primary N) is 1. The van der Waals surface area contributed by atoms with Gasteiger partial charge in [-0.15, -0.1) is 0 Å². The first-order valence-corrected chi connectivity index (χ1v) is 5.83. The third-order valence-corrected chi connectivity index (χ3v) is 3.39. The zero-order valence-corrected chi connectivity index (χ0v) is 10.2. The fourth-order valence-corrected chi connectivity index (χ4v) is 2.10. The fraction of sp³-hybridized carbons (Fsp3) is 0.400. The van der Waals surface area contributed by atoms with E-state index in [1.807, 2.05) is 22.6 Å². The van der Waals surface area contributed by atoms with Crippen LogP contribution in [-0.4, -0.2) is 17.3 Å². The van der Waals surface area contributed by atoms with Crippen LogP contribution in [0.4, 0.5) is 15.8 Å². The molecule has 5 heteroatoms. The van der Waals surface area contributed by atoms with E-state index < -0.39 is 0 Å². The average Bonchev–Trinajstić information content (AvgIpc) is 2.11. The highest BCUT2D eigenvalue weighted by atomic mass is 127. The van der Waals surface area contributed by atoms with E-state index in [1.54, 1.807) is 6.07 Å². The molecule has 1 aromatic rings. The molecule has 1 fully saturated rings. The van der Waals surface area contributed by atoms with Crippen LogP contribution in [0.25, 0.3) is 0 Å². The van der Waals surface area contributed by atoms with Crippen molar-refractivity contribution in [1.29, 1.82) is 0 Å². The van der Waals surface area contributed by atoms with Gasteiger partial charge in [-0.3, -0.25) is 0 Å². The minimum atomic E-state index is -0.271. The second kappa shape index (κ2) is 4.13. The maximum Gasteiger partial charge on any atom is 0.138 e. The first kappa shape index (κ1) is 10.9. The number of nitrogen functional groups attached to an aromatic ring is 1. The number of aliphatic hydroxyl groups excluding tert-OH is 1. The minimum absolute atomic E-state index is 0.210. The summed E-state index contributed by atoms with van der Waals surface area (Å²) in [4.78, 5) is 0. The molecule has 0 bridgehead atoms. The number of benzene rings is 1. The molecule has 0 heterocycles. The molecule has 82 valence electrons. The Morgan fingerprint density at radius 2 is 2.13 bits per heavy atom. The van der Waals surface area contributed by atoms with Crippen LogP contribution in [-0.2, 0) is 0 Å². The molecule has 0 amide bonds. The fourth-order valence-electron chi connectivity index (χ4n) is 1.61. The van der Waals surface area contributed by atoms with E-state index >= 15 is 0 Å². The second-order valence-electron chi connectivity index (χ2n) is 3.82. The Kier molecular flexibility index (Phi) is 3.01. The highest BCUT2D eigenvalue weighted by molar-refractivity contribution is 14.1. The molecule has 0 aromatic heterocycles. The highest BCUT2D eigenvalue weighted by Gasteiger charge is 2.27. The van der Waals surface area contributed by atoms with Gasteiger partial charge in [0.05, 0.1) is 21.0 Å². The van der Waals surface area contributed by atoms with E-state index in [4.69, 9.17) is 10.8 Å². The van der Waals surface area contributed by atoms with Gasteiger partial charge < -0.3 is 16.2 Å². The summed E-state index contributed by atoms with van der Waals surface area (Å²) in [5.74, 6) is -0.271. The van der Waals surface area contributed by atoms with Gasteiger partial charge in [0.15, 0.2) is 0 Å². The van der Waals surface area contributed by atoms with Crippen LogP contribution in [0.1, 0.15) is 12.8 Å². The number of hydrogen-bond acceptors (Lipinski definition) is 3. The van der Waals surface area contributed by atoms with Crippen molar-refractivity contribution in [2.75, 3.05) is 11.1 Å². The van der Waals surface area contributed by atoms with Gasteiger partial charge >= 0.3 is 0 Å². The quantitative estimate of drug-likeness (QED) is 0.576. The Balaban J connectivity index is 2.11. The predicted octanol–water partition coefficient (Wildman–Crippen LogP) is 1.95. The smallest absolute Gasteiger partial charge is 0.138 e. The maximum absolute atomic E-state index is 13.3. The zero-order chi connectivity index (χ0) is 11.0. The first-order chi connectivity index (χ1) is 7.06. The van der Waals surface area contributed by atoms with E-state index in [0.717, 1.165) is 0 Å². The van der Waals surface area contributed by atoms with E-state index in [0.29, 0.717) is 27.8 Å². The van der Waals surface area contributed by atoms with Crippen molar-refractivity contribution in [2.45, 2.75) is 25.0 Å². The van der Waals surface area contributed by atoms with Gasteiger partial charge in [-0.2, -0.15) is 0 Å².